The lowest BCUT2D eigenvalue weighted by Crippen LogP contribution is -2.50. The highest BCUT2D eigenvalue weighted by Crippen LogP contribution is 2.27. The largest absolute Gasteiger partial charge is 0.337 e. The van der Waals surface area contributed by atoms with Crippen molar-refractivity contribution >= 4 is 5.91 Å². The van der Waals surface area contributed by atoms with Crippen LogP contribution in [0.25, 0.3) is 0 Å². The summed E-state index contributed by atoms with van der Waals surface area (Å²) in [6.07, 6.45) is 0.708. The molecule has 0 N–H and O–H groups in total. The molecule has 0 aromatic heterocycles. The standard InChI is InChI=1S/C9H15FN2O/c1-11-2-3-12-8(6-11)4-7(5-10)9(12)13/h7-8H,2-6H2,1H3/t7-,8+/m1/s1. The number of amides is 1. The Bertz CT molecular complexity index is 222. The van der Waals surface area contributed by atoms with E-state index in [0.29, 0.717) is 6.42 Å². The summed E-state index contributed by atoms with van der Waals surface area (Å²) < 4.78 is 12.4. The number of carbonyl (C=O) groups is 1. The Morgan fingerprint density at radius 3 is 3.00 bits per heavy atom. The summed E-state index contributed by atoms with van der Waals surface area (Å²) in [4.78, 5) is 15.6. The van der Waals surface area contributed by atoms with Crippen LogP contribution in [0.2, 0.25) is 0 Å². The first-order chi connectivity index (χ1) is 6.22. The molecule has 74 valence electrons. The van der Waals surface area contributed by atoms with Crippen LogP contribution >= 0.6 is 0 Å². The summed E-state index contributed by atoms with van der Waals surface area (Å²) in [6, 6.07) is 0.270. The van der Waals surface area contributed by atoms with E-state index in [9.17, 15) is 9.18 Å². The van der Waals surface area contributed by atoms with Crippen molar-refractivity contribution in [2.45, 2.75) is 12.5 Å². The van der Waals surface area contributed by atoms with Crippen LogP contribution in [-0.4, -0.2) is 55.1 Å². The molecular formula is C9H15FN2O. The van der Waals surface area contributed by atoms with Crippen molar-refractivity contribution in [1.82, 2.24) is 9.80 Å². The summed E-state index contributed by atoms with van der Waals surface area (Å²) >= 11 is 0. The first-order valence-electron chi connectivity index (χ1n) is 4.77. The van der Waals surface area contributed by atoms with Gasteiger partial charge in [0, 0.05) is 25.7 Å². The summed E-state index contributed by atoms with van der Waals surface area (Å²) in [5, 5.41) is 0. The van der Waals surface area contributed by atoms with Crippen LogP contribution in [0.1, 0.15) is 6.42 Å². The molecule has 0 aromatic carbocycles. The number of hydrogen-bond donors (Lipinski definition) is 0. The molecule has 2 aliphatic rings. The van der Waals surface area contributed by atoms with Crippen LogP contribution in [0.3, 0.4) is 0 Å². The summed E-state index contributed by atoms with van der Waals surface area (Å²) in [7, 11) is 2.05. The zero-order chi connectivity index (χ0) is 9.42. The van der Waals surface area contributed by atoms with Gasteiger partial charge in [0.05, 0.1) is 5.92 Å². The van der Waals surface area contributed by atoms with Gasteiger partial charge in [-0.05, 0) is 13.5 Å². The Balaban J connectivity index is 2.07. The van der Waals surface area contributed by atoms with Crippen LogP contribution < -0.4 is 0 Å². The Morgan fingerprint density at radius 2 is 2.31 bits per heavy atom. The Morgan fingerprint density at radius 1 is 1.54 bits per heavy atom. The normalized spacial score (nSPS) is 35.2. The third-order valence-electron chi connectivity index (χ3n) is 3.06. The number of rotatable bonds is 1. The highest BCUT2D eigenvalue weighted by atomic mass is 19.1. The first-order valence-corrected chi connectivity index (χ1v) is 4.77. The molecule has 0 radical (unpaired) electrons. The summed E-state index contributed by atoms with van der Waals surface area (Å²) in [6.45, 7) is 2.11. The number of piperazine rings is 1. The number of fused-ring (bicyclic) bond motifs is 1. The van der Waals surface area contributed by atoms with Gasteiger partial charge in [-0.2, -0.15) is 0 Å². The van der Waals surface area contributed by atoms with Gasteiger partial charge < -0.3 is 9.80 Å². The maximum absolute atomic E-state index is 12.4. The van der Waals surface area contributed by atoms with Crippen molar-refractivity contribution < 1.29 is 9.18 Å². The van der Waals surface area contributed by atoms with Crippen LogP contribution in [0.5, 0.6) is 0 Å². The molecule has 0 saturated carbocycles. The lowest BCUT2D eigenvalue weighted by atomic mass is 10.1. The molecule has 2 atom stereocenters. The number of carbonyl (C=O) groups excluding carboxylic acids is 1. The molecule has 3 nitrogen and oxygen atoms in total. The van der Waals surface area contributed by atoms with E-state index >= 15 is 0 Å². The smallest absolute Gasteiger partial charge is 0.228 e. The highest BCUT2D eigenvalue weighted by molar-refractivity contribution is 5.81. The van der Waals surface area contributed by atoms with Gasteiger partial charge in [0.2, 0.25) is 5.91 Å². The second-order valence-electron chi connectivity index (χ2n) is 4.03. The quantitative estimate of drug-likeness (QED) is 0.580. The van der Waals surface area contributed by atoms with E-state index in [4.69, 9.17) is 0 Å². The van der Waals surface area contributed by atoms with Crippen molar-refractivity contribution in [3.63, 3.8) is 0 Å². The third kappa shape index (κ3) is 1.43. The average molecular weight is 186 g/mol. The number of nitrogens with zero attached hydrogens (tertiary/aromatic N) is 2. The average Bonchev–Trinajstić information content (AvgIpc) is 2.42. The predicted molar refractivity (Wildman–Crippen MR) is 47.1 cm³/mol. The lowest BCUT2D eigenvalue weighted by Gasteiger charge is -2.35. The van der Waals surface area contributed by atoms with Crippen LogP contribution in [-0.2, 0) is 4.79 Å². The van der Waals surface area contributed by atoms with Gasteiger partial charge in [0.15, 0.2) is 0 Å². The molecule has 0 aromatic rings. The fraction of sp³-hybridized carbons (Fsp3) is 0.889. The van der Waals surface area contributed by atoms with Crippen molar-refractivity contribution in [2.75, 3.05) is 33.4 Å². The van der Waals surface area contributed by atoms with E-state index in [1.165, 1.54) is 0 Å². The van der Waals surface area contributed by atoms with Gasteiger partial charge in [-0.3, -0.25) is 9.18 Å². The molecule has 2 fully saturated rings. The molecule has 2 heterocycles. The van der Waals surface area contributed by atoms with E-state index in [-0.39, 0.29) is 17.9 Å². The van der Waals surface area contributed by atoms with Crippen molar-refractivity contribution in [3.8, 4) is 0 Å². The van der Waals surface area contributed by atoms with E-state index in [0.717, 1.165) is 19.6 Å². The minimum absolute atomic E-state index is 0.0283. The van der Waals surface area contributed by atoms with Crippen LogP contribution in [0, 0.1) is 5.92 Å². The number of likely N-dealkylation sites (N-methyl/N-ethyl adjacent to an activating group) is 1. The van der Waals surface area contributed by atoms with Crippen LogP contribution in [0.4, 0.5) is 4.39 Å². The fourth-order valence-electron chi connectivity index (χ4n) is 2.30. The molecule has 0 spiro atoms. The number of alkyl halides is 1. The Labute approximate surface area is 77.5 Å². The molecular weight excluding hydrogens is 171 g/mol. The highest BCUT2D eigenvalue weighted by Gasteiger charge is 2.41. The topological polar surface area (TPSA) is 23.6 Å². The monoisotopic (exact) mass is 186 g/mol. The van der Waals surface area contributed by atoms with E-state index in [2.05, 4.69) is 4.90 Å². The molecule has 2 aliphatic heterocycles. The molecule has 4 heteroatoms. The van der Waals surface area contributed by atoms with E-state index < -0.39 is 6.67 Å². The van der Waals surface area contributed by atoms with Gasteiger partial charge in [-0.1, -0.05) is 0 Å². The molecule has 2 saturated heterocycles. The number of hydrogen-bond acceptors (Lipinski definition) is 2. The molecule has 0 aliphatic carbocycles. The van der Waals surface area contributed by atoms with Gasteiger partial charge in [0.1, 0.15) is 6.67 Å². The molecule has 13 heavy (non-hydrogen) atoms. The van der Waals surface area contributed by atoms with Gasteiger partial charge >= 0.3 is 0 Å². The molecule has 1 amide bonds. The van der Waals surface area contributed by atoms with Gasteiger partial charge in [0.25, 0.3) is 0 Å². The maximum Gasteiger partial charge on any atom is 0.228 e. The maximum atomic E-state index is 12.4. The fourth-order valence-corrected chi connectivity index (χ4v) is 2.30. The minimum Gasteiger partial charge on any atom is -0.337 e. The third-order valence-corrected chi connectivity index (χ3v) is 3.06. The Hall–Kier alpha value is -0.640. The first kappa shape index (κ1) is 8.94. The number of halogens is 1. The van der Waals surface area contributed by atoms with E-state index in [1.807, 2.05) is 11.9 Å². The molecule has 0 bridgehead atoms. The van der Waals surface area contributed by atoms with Crippen molar-refractivity contribution in [3.05, 3.63) is 0 Å². The second kappa shape index (κ2) is 3.25. The predicted octanol–water partition coefficient (Wildman–Crippen LogP) is 0.118. The summed E-state index contributed by atoms with van der Waals surface area (Å²) in [5.41, 5.74) is 0. The lowest BCUT2D eigenvalue weighted by molar-refractivity contribution is -0.133. The minimum atomic E-state index is -0.491. The molecule has 0 unspecified atom stereocenters. The zero-order valence-electron chi connectivity index (χ0n) is 7.87. The van der Waals surface area contributed by atoms with Crippen molar-refractivity contribution in [1.29, 1.82) is 0 Å². The van der Waals surface area contributed by atoms with Gasteiger partial charge in [-0.15, -0.1) is 0 Å². The second-order valence-corrected chi connectivity index (χ2v) is 4.03. The Kier molecular flexibility index (Phi) is 2.24. The molecule has 2 rings (SSSR count). The van der Waals surface area contributed by atoms with E-state index in [1.54, 1.807) is 0 Å². The SMILES string of the molecule is CN1CCN2C(=O)[C@@H](CF)C[C@H]2C1. The zero-order valence-corrected chi connectivity index (χ0v) is 7.87. The van der Waals surface area contributed by atoms with Gasteiger partial charge in [-0.25, -0.2) is 0 Å². The van der Waals surface area contributed by atoms with Crippen molar-refractivity contribution in [2.24, 2.45) is 5.92 Å². The summed E-state index contributed by atoms with van der Waals surface area (Å²) in [5.74, 6) is -0.322. The van der Waals surface area contributed by atoms with Crippen LogP contribution in [0.15, 0.2) is 0 Å².